The molecule has 148 valence electrons. The van der Waals surface area contributed by atoms with Crippen LogP contribution in [0.25, 0.3) is 11.2 Å². The molecule has 11 nitrogen and oxygen atoms in total. The molecular weight excluding hydrogens is 356 g/mol. The average Bonchev–Trinajstić information content (AvgIpc) is 3.16. The van der Waals surface area contributed by atoms with Crippen LogP contribution in [-0.4, -0.2) is 65.2 Å². The summed E-state index contributed by atoms with van der Waals surface area (Å²) >= 11 is 0. The molecule has 0 radical (unpaired) electrons. The lowest BCUT2D eigenvalue weighted by Gasteiger charge is -2.40. The molecule has 2 aromatic heterocycles. The van der Waals surface area contributed by atoms with Crippen LogP contribution in [0.4, 0.5) is 5.82 Å². The van der Waals surface area contributed by atoms with Crippen molar-refractivity contribution >= 4 is 22.9 Å². The normalized spacial score (nSPS) is 30.8. The van der Waals surface area contributed by atoms with Crippen molar-refractivity contribution < 1.29 is 24.9 Å². The van der Waals surface area contributed by atoms with Crippen LogP contribution in [0.1, 0.15) is 32.6 Å². The second-order valence-electron chi connectivity index (χ2n) is 6.72. The van der Waals surface area contributed by atoms with Crippen LogP contribution in [0.2, 0.25) is 0 Å². The summed E-state index contributed by atoms with van der Waals surface area (Å²) in [6.45, 7) is 1.36. The third kappa shape index (κ3) is 2.65. The van der Waals surface area contributed by atoms with Gasteiger partial charge in [-0.05, 0) is 6.42 Å². The first kappa shape index (κ1) is 19.4. The van der Waals surface area contributed by atoms with Crippen molar-refractivity contribution in [1.82, 2.24) is 19.5 Å². The number of hydrogen-bond acceptors (Lipinski definition) is 9. The van der Waals surface area contributed by atoms with Gasteiger partial charge in [-0.1, -0.05) is 26.2 Å². The highest BCUT2D eigenvalue weighted by molar-refractivity contribution is 5.88. The van der Waals surface area contributed by atoms with Crippen LogP contribution in [0.5, 0.6) is 0 Å². The highest BCUT2D eigenvalue weighted by atomic mass is 16.6. The van der Waals surface area contributed by atoms with E-state index in [1.807, 2.05) is 6.92 Å². The van der Waals surface area contributed by atoms with Gasteiger partial charge in [0.05, 0.1) is 6.61 Å². The van der Waals surface area contributed by atoms with Gasteiger partial charge < -0.3 is 31.5 Å². The van der Waals surface area contributed by atoms with Gasteiger partial charge in [0.25, 0.3) is 11.6 Å². The average molecular weight is 380 g/mol. The lowest BCUT2D eigenvalue weighted by Crippen LogP contribution is -2.63. The van der Waals surface area contributed by atoms with E-state index in [9.17, 15) is 20.1 Å². The topological polar surface area (TPSA) is 183 Å². The van der Waals surface area contributed by atoms with Crippen molar-refractivity contribution in [3.05, 3.63) is 12.7 Å². The molecular formula is C16H24N6O5. The number of hydrogen-bond donors (Lipinski definition) is 5. The van der Waals surface area contributed by atoms with Gasteiger partial charge in [0.2, 0.25) is 0 Å². The molecule has 1 fully saturated rings. The molecule has 0 bridgehead atoms. The number of nitrogen functional groups attached to an aromatic ring is 1. The number of fused-ring (bicyclic) bond motifs is 1. The second kappa shape index (κ2) is 7.00. The van der Waals surface area contributed by atoms with Crippen LogP contribution in [-0.2, 0) is 15.3 Å². The van der Waals surface area contributed by atoms with E-state index >= 15 is 0 Å². The number of rotatable bonds is 7. The Balaban J connectivity index is 2.23. The molecule has 0 unspecified atom stereocenters. The Morgan fingerprint density at radius 1 is 1.37 bits per heavy atom. The molecule has 0 saturated carbocycles. The van der Waals surface area contributed by atoms with Crippen molar-refractivity contribution in [2.24, 2.45) is 5.73 Å². The molecule has 1 aliphatic rings. The third-order valence-electron chi connectivity index (χ3n) is 5.13. The van der Waals surface area contributed by atoms with Gasteiger partial charge >= 0.3 is 0 Å². The fourth-order valence-corrected chi connectivity index (χ4v) is 3.73. The van der Waals surface area contributed by atoms with E-state index in [0.717, 1.165) is 17.4 Å². The minimum atomic E-state index is -2.22. The highest BCUT2D eigenvalue weighted by Crippen LogP contribution is 2.47. The Kier molecular flexibility index (Phi) is 5.04. The first-order valence-corrected chi connectivity index (χ1v) is 8.76. The number of anilines is 1. The van der Waals surface area contributed by atoms with Crippen LogP contribution in [0.15, 0.2) is 12.7 Å². The molecule has 7 N–H and O–H groups in total. The molecule has 1 saturated heterocycles. The number of aromatic nitrogens is 4. The van der Waals surface area contributed by atoms with Crippen molar-refractivity contribution in [3.63, 3.8) is 0 Å². The summed E-state index contributed by atoms with van der Waals surface area (Å²) in [4.78, 5) is 24.6. The van der Waals surface area contributed by atoms with Crippen molar-refractivity contribution in [1.29, 1.82) is 0 Å². The molecule has 2 aromatic rings. The van der Waals surface area contributed by atoms with Crippen molar-refractivity contribution in [2.75, 3.05) is 12.3 Å². The van der Waals surface area contributed by atoms with Gasteiger partial charge in [-0.25, -0.2) is 15.0 Å². The van der Waals surface area contributed by atoms with E-state index in [0.29, 0.717) is 6.42 Å². The van der Waals surface area contributed by atoms with Gasteiger partial charge in [-0.2, -0.15) is 0 Å². The number of ether oxygens (including phenoxy) is 1. The van der Waals surface area contributed by atoms with Crippen molar-refractivity contribution in [3.8, 4) is 0 Å². The first-order chi connectivity index (χ1) is 12.8. The summed E-state index contributed by atoms with van der Waals surface area (Å²) in [6, 6.07) is 0. The fourth-order valence-electron chi connectivity index (χ4n) is 3.73. The van der Waals surface area contributed by atoms with E-state index in [1.54, 1.807) is 0 Å². The molecule has 3 rings (SSSR count). The summed E-state index contributed by atoms with van der Waals surface area (Å²) < 4.78 is 6.87. The zero-order chi connectivity index (χ0) is 19.8. The Hall–Kier alpha value is -2.34. The lowest BCUT2D eigenvalue weighted by atomic mass is 9.80. The zero-order valence-electron chi connectivity index (χ0n) is 14.9. The highest BCUT2D eigenvalue weighted by Gasteiger charge is 2.69. The van der Waals surface area contributed by atoms with Crippen LogP contribution < -0.4 is 11.5 Å². The number of carbonyl (C=O) groups is 1. The van der Waals surface area contributed by atoms with Gasteiger partial charge in [0.15, 0.2) is 17.1 Å². The summed E-state index contributed by atoms with van der Waals surface area (Å²) in [7, 11) is 0. The maximum atomic E-state index is 12.6. The van der Waals surface area contributed by atoms with E-state index in [1.165, 1.54) is 12.7 Å². The summed E-state index contributed by atoms with van der Waals surface area (Å²) in [5, 5.41) is 31.7. The Morgan fingerprint density at radius 2 is 2.11 bits per heavy atom. The molecule has 0 spiro atoms. The minimum absolute atomic E-state index is 0.0156. The van der Waals surface area contributed by atoms with Gasteiger partial charge in [0.1, 0.15) is 30.4 Å². The maximum Gasteiger partial charge on any atom is 0.274 e. The number of primary amides is 1. The van der Waals surface area contributed by atoms with Crippen LogP contribution >= 0.6 is 0 Å². The lowest BCUT2D eigenvalue weighted by molar-refractivity contribution is -0.200. The SMILES string of the molecule is CCCCC[C@@]1(O)[C@H](O)[C@@H](CO)O[C@@]1(C(N)=O)n1cnc2c(N)ncnc21. The Morgan fingerprint density at radius 3 is 2.74 bits per heavy atom. The number of imidazole rings is 1. The molecule has 1 amide bonds. The summed E-state index contributed by atoms with van der Waals surface area (Å²) in [5.74, 6) is -0.974. The van der Waals surface area contributed by atoms with Crippen LogP contribution in [0.3, 0.4) is 0 Å². The zero-order valence-corrected chi connectivity index (χ0v) is 14.9. The molecule has 3 heterocycles. The predicted molar refractivity (Wildman–Crippen MR) is 94.0 cm³/mol. The predicted octanol–water partition coefficient (Wildman–Crippen LogP) is -1.39. The first-order valence-electron chi connectivity index (χ1n) is 8.76. The molecule has 1 aliphatic heterocycles. The second-order valence-corrected chi connectivity index (χ2v) is 6.72. The number of aliphatic hydroxyl groups excluding tert-OH is 2. The number of unbranched alkanes of at least 4 members (excludes halogenated alkanes) is 2. The minimum Gasteiger partial charge on any atom is -0.394 e. The van der Waals surface area contributed by atoms with E-state index in [-0.39, 0.29) is 23.4 Å². The van der Waals surface area contributed by atoms with Gasteiger partial charge in [0, 0.05) is 0 Å². The standard InChI is InChI=1S/C16H24N6O5/c1-2-3-4-5-15(26)11(24)9(6-23)27-16(15,14(18)25)22-8-21-10-12(17)19-7-20-13(10)22/h7-9,11,23-24,26H,2-6H2,1H3,(H2,18,25)(H2,17,19,20)/t9-,11-,15-,16-/m1/s1. The Labute approximate surface area is 155 Å². The molecule has 0 aromatic carbocycles. The van der Waals surface area contributed by atoms with E-state index in [2.05, 4.69) is 15.0 Å². The Bertz CT molecular complexity index is 844. The monoisotopic (exact) mass is 380 g/mol. The summed E-state index contributed by atoms with van der Waals surface area (Å²) in [5.41, 5.74) is 7.45. The van der Waals surface area contributed by atoms with Gasteiger partial charge in [-0.15, -0.1) is 0 Å². The van der Waals surface area contributed by atoms with E-state index in [4.69, 9.17) is 16.2 Å². The smallest absolute Gasteiger partial charge is 0.274 e. The van der Waals surface area contributed by atoms with Gasteiger partial charge in [-0.3, -0.25) is 9.36 Å². The number of carbonyl (C=O) groups excluding carboxylic acids is 1. The number of nitrogens with zero attached hydrogens (tertiary/aromatic N) is 4. The van der Waals surface area contributed by atoms with Crippen LogP contribution in [0, 0.1) is 0 Å². The third-order valence-corrected chi connectivity index (χ3v) is 5.13. The molecule has 4 atom stereocenters. The number of nitrogens with two attached hydrogens (primary N) is 2. The fraction of sp³-hybridized carbons (Fsp3) is 0.625. The molecule has 27 heavy (non-hydrogen) atoms. The molecule has 11 heteroatoms. The molecule has 0 aliphatic carbocycles. The van der Waals surface area contributed by atoms with E-state index < -0.39 is 36.0 Å². The van der Waals surface area contributed by atoms with Crippen molar-refractivity contribution in [2.45, 2.75) is 56.1 Å². The quantitative estimate of drug-likeness (QED) is 0.361. The maximum absolute atomic E-state index is 12.6. The number of aliphatic hydroxyl groups is 3. The number of amides is 1. The summed E-state index contributed by atoms with van der Waals surface area (Å²) in [6.07, 6.45) is 1.74. The largest absolute Gasteiger partial charge is 0.394 e.